The number of nitrogens with zero attached hydrogens (tertiary/aromatic N) is 5. The average molecular weight is 321 g/mol. The molecule has 6 heteroatoms. The van der Waals surface area contributed by atoms with Crippen LogP contribution in [0.25, 0.3) is 16.9 Å². The molecule has 1 fully saturated rings. The smallest absolute Gasteiger partial charge is 0.253 e. The lowest BCUT2D eigenvalue weighted by molar-refractivity contribution is 0.0664. The SMILES string of the molecule is CN1CCN(C(=O)c2ccc(-c3cnc4cccnn34)cc2)CC1. The normalized spacial score (nSPS) is 15.8. The van der Waals surface area contributed by atoms with Crippen molar-refractivity contribution in [3.8, 4) is 11.3 Å². The minimum Gasteiger partial charge on any atom is -0.336 e. The summed E-state index contributed by atoms with van der Waals surface area (Å²) in [5, 5.41) is 4.33. The van der Waals surface area contributed by atoms with Crippen LogP contribution in [0.4, 0.5) is 0 Å². The Kier molecular flexibility index (Phi) is 3.74. The van der Waals surface area contributed by atoms with Gasteiger partial charge in [-0.05, 0) is 31.3 Å². The van der Waals surface area contributed by atoms with E-state index in [1.807, 2.05) is 41.3 Å². The molecule has 2 aromatic heterocycles. The van der Waals surface area contributed by atoms with Gasteiger partial charge in [-0.1, -0.05) is 12.1 Å². The second kappa shape index (κ2) is 6.05. The van der Waals surface area contributed by atoms with Crippen LogP contribution in [0.15, 0.2) is 48.8 Å². The number of fused-ring (bicyclic) bond motifs is 1. The maximum Gasteiger partial charge on any atom is 0.253 e. The molecule has 0 radical (unpaired) electrons. The molecule has 0 aliphatic carbocycles. The predicted molar refractivity (Wildman–Crippen MR) is 91.8 cm³/mol. The van der Waals surface area contributed by atoms with Crippen molar-refractivity contribution in [2.24, 2.45) is 0 Å². The van der Waals surface area contributed by atoms with Crippen LogP contribution in [0, 0.1) is 0 Å². The lowest BCUT2D eigenvalue weighted by Crippen LogP contribution is -2.47. The fraction of sp³-hybridized carbons (Fsp3) is 0.278. The van der Waals surface area contributed by atoms with Crippen molar-refractivity contribution in [1.82, 2.24) is 24.4 Å². The number of likely N-dealkylation sites (N-methyl/N-ethyl adjacent to an activating group) is 1. The van der Waals surface area contributed by atoms with Gasteiger partial charge in [-0.25, -0.2) is 9.50 Å². The fourth-order valence-corrected chi connectivity index (χ4v) is 3.00. The van der Waals surface area contributed by atoms with Crippen LogP contribution in [0.1, 0.15) is 10.4 Å². The van der Waals surface area contributed by atoms with Crippen molar-refractivity contribution < 1.29 is 4.79 Å². The first-order valence-electron chi connectivity index (χ1n) is 8.09. The molecule has 3 heterocycles. The summed E-state index contributed by atoms with van der Waals surface area (Å²) in [6, 6.07) is 11.5. The average Bonchev–Trinajstić information content (AvgIpc) is 3.06. The van der Waals surface area contributed by atoms with Gasteiger partial charge in [-0.15, -0.1) is 0 Å². The topological polar surface area (TPSA) is 53.7 Å². The molecule has 0 atom stereocenters. The lowest BCUT2D eigenvalue weighted by Gasteiger charge is -2.32. The molecule has 0 spiro atoms. The maximum atomic E-state index is 12.6. The Hall–Kier alpha value is -2.73. The largest absolute Gasteiger partial charge is 0.336 e. The Morgan fingerprint density at radius 3 is 2.54 bits per heavy atom. The highest BCUT2D eigenvalue weighted by atomic mass is 16.2. The number of aromatic nitrogens is 3. The second-order valence-corrected chi connectivity index (χ2v) is 6.11. The number of imidazole rings is 1. The summed E-state index contributed by atoms with van der Waals surface area (Å²) >= 11 is 0. The minimum absolute atomic E-state index is 0.103. The lowest BCUT2D eigenvalue weighted by atomic mass is 10.1. The van der Waals surface area contributed by atoms with Crippen LogP contribution in [0.5, 0.6) is 0 Å². The van der Waals surface area contributed by atoms with E-state index in [9.17, 15) is 4.79 Å². The quantitative estimate of drug-likeness (QED) is 0.722. The van der Waals surface area contributed by atoms with Gasteiger partial charge in [-0.2, -0.15) is 5.10 Å². The summed E-state index contributed by atoms with van der Waals surface area (Å²) in [5.74, 6) is 0.103. The Bertz CT molecular complexity index is 863. The third-order valence-corrected chi connectivity index (χ3v) is 4.50. The van der Waals surface area contributed by atoms with E-state index < -0.39 is 0 Å². The molecular formula is C18H19N5O. The van der Waals surface area contributed by atoms with Gasteiger partial charge in [0.25, 0.3) is 5.91 Å². The Balaban J connectivity index is 1.57. The van der Waals surface area contributed by atoms with Crippen LogP contribution >= 0.6 is 0 Å². The van der Waals surface area contributed by atoms with E-state index in [-0.39, 0.29) is 5.91 Å². The van der Waals surface area contributed by atoms with Crippen molar-refractivity contribution in [2.75, 3.05) is 33.2 Å². The number of amides is 1. The maximum absolute atomic E-state index is 12.6. The number of carbonyl (C=O) groups is 1. The zero-order valence-corrected chi connectivity index (χ0v) is 13.6. The fourth-order valence-electron chi connectivity index (χ4n) is 3.00. The van der Waals surface area contributed by atoms with Crippen molar-refractivity contribution in [3.63, 3.8) is 0 Å². The molecule has 24 heavy (non-hydrogen) atoms. The van der Waals surface area contributed by atoms with Crippen molar-refractivity contribution >= 4 is 11.6 Å². The van der Waals surface area contributed by atoms with Crippen LogP contribution in [-0.4, -0.2) is 63.5 Å². The van der Waals surface area contributed by atoms with E-state index in [0.717, 1.165) is 48.6 Å². The summed E-state index contributed by atoms with van der Waals surface area (Å²) in [4.78, 5) is 21.1. The Labute approximate surface area is 140 Å². The first-order chi connectivity index (χ1) is 11.7. The van der Waals surface area contributed by atoms with Crippen molar-refractivity contribution in [2.45, 2.75) is 0 Å². The van der Waals surface area contributed by atoms with Crippen LogP contribution in [-0.2, 0) is 0 Å². The van der Waals surface area contributed by atoms with E-state index in [2.05, 4.69) is 22.0 Å². The third kappa shape index (κ3) is 2.65. The number of carbonyl (C=O) groups excluding carboxylic acids is 1. The predicted octanol–water partition coefficient (Wildman–Crippen LogP) is 1.78. The first kappa shape index (κ1) is 14.8. The summed E-state index contributed by atoms with van der Waals surface area (Å²) in [7, 11) is 2.08. The number of piperazine rings is 1. The molecule has 4 rings (SSSR count). The monoisotopic (exact) mass is 321 g/mol. The summed E-state index contributed by atoms with van der Waals surface area (Å²) in [6.07, 6.45) is 3.54. The molecule has 1 aliphatic rings. The molecule has 1 aromatic carbocycles. The highest BCUT2D eigenvalue weighted by Crippen LogP contribution is 2.21. The molecule has 1 saturated heterocycles. The summed E-state index contributed by atoms with van der Waals surface area (Å²) in [6.45, 7) is 3.43. The third-order valence-electron chi connectivity index (χ3n) is 4.50. The molecular weight excluding hydrogens is 302 g/mol. The Morgan fingerprint density at radius 2 is 1.79 bits per heavy atom. The number of rotatable bonds is 2. The van der Waals surface area contributed by atoms with Gasteiger partial charge in [-0.3, -0.25) is 4.79 Å². The molecule has 6 nitrogen and oxygen atoms in total. The number of benzene rings is 1. The van der Waals surface area contributed by atoms with Gasteiger partial charge in [0, 0.05) is 43.5 Å². The van der Waals surface area contributed by atoms with Crippen molar-refractivity contribution in [3.05, 3.63) is 54.4 Å². The molecule has 0 bridgehead atoms. The molecule has 0 saturated carbocycles. The summed E-state index contributed by atoms with van der Waals surface area (Å²) < 4.78 is 1.80. The molecule has 0 unspecified atom stereocenters. The van der Waals surface area contributed by atoms with Gasteiger partial charge >= 0.3 is 0 Å². The van der Waals surface area contributed by atoms with E-state index in [0.29, 0.717) is 0 Å². The number of hydrogen-bond donors (Lipinski definition) is 0. The van der Waals surface area contributed by atoms with Crippen LogP contribution in [0.3, 0.4) is 0 Å². The molecule has 0 N–H and O–H groups in total. The Morgan fingerprint density at radius 1 is 1.04 bits per heavy atom. The highest BCUT2D eigenvalue weighted by Gasteiger charge is 2.20. The van der Waals surface area contributed by atoms with Crippen molar-refractivity contribution in [1.29, 1.82) is 0 Å². The molecule has 3 aromatic rings. The zero-order valence-electron chi connectivity index (χ0n) is 13.6. The summed E-state index contributed by atoms with van der Waals surface area (Å²) in [5.41, 5.74) is 3.45. The van der Waals surface area contributed by atoms with E-state index in [1.54, 1.807) is 16.9 Å². The zero-order chi connectivity index (χ0) is 16.5. The molecule has 1 amide bonds. The van der Waals surface area contributed by atoms with Gasteiger partial charge in [0.05, 0.1) is 11.9 Å². The van der Waals surface area contributed by atoms with Crippen LogP contribution < -0.4 is 0 Å². The van der Waals surface area contributed by atoms with Gasteiger partial charge in [0.1, 0.15) is 0 Å². The number of hydrogen-bond acceptors (Lipinski definition) is 4. The highest BCUT2D eigenvalue weighted by molar-refractivity contribution is 5.94. The van der Waals surface area contributed by atoms with Crippen LogP contribution in [0.2, 0.25) is 0 Å². The minimum atomic E-state index is 0.103. The van der Waals surface area contributed by atoms with E-state index >= 15 is 0 Å². The van der Waals surface area contributed by atoms with E-state index in [1.165, 1.54) is 0 Å². The second-order valence-electron chi connectivity index (χ2n) is 6.11. The van der Waals surface area contributed by atoms with Gasteiger partial charge in [0.2, 0.25) is 0 Å². The molecule has 1 aliphatic heterocycles. The molecule has 122 valence electrons. The first-order valence-corrected chi connectivity index (χ1v) is 8.09. The standard InChI is InChI=1S/C18H19N5O/c1-21-9-11-22(12-10-21)18(24)15-6-4-14(5-7-15)16-13-19-17-3-2-8-20-23(16)17/h2-8,13H,9-12H2,1H3. The van der Waals surface area contributed by atoms with E-state index in [4.69, 9.17) is 0 Å². The van der Waals surface area contributed by atoms with Gasteiger partial charge in [0.15, 0.2) is 5.65 Å². The van der Waals surface area contributed by atoms with Gasteiger partial charge < -0.3 is 9.80 Å².